The number of rotatable bonds is 11. The fourth-order valence-corrected chi connectivity index (χ4v) is 2.48. The Morgan fingerprint density at radius 1 is 1.07 bits per heavy atom. The first-order chi connectivity index (χ1) is 13.5. The summed E-state index contributed by atoms with van der Waals surface area (Å²) in [6, 6.07) is 3.93. The second-order valence-corrected chi connectivity index (χ2v) is 6.28. The molecule has 158 valence electrons. The van der Waals surface area contributed by atoms with E-state index < -0.39 is 0 Å². The Morgan fingerprint density at radius 3 is 2.21 bits per heavy atom. The predicted molar refractivity (Wildman–Crippen MR) is 111 cm³/mol. The van der Waals surface area contributed by atoms with Crippen molar-refractivity contribution in [3.63, 3.8) is 0 Å². The molecular weight excluding hydrogens is 360 g/mol. The summed E-state index contributed by atoms with van der Waals surface area (Å²) < 4.78 is 16.1. The zero-order valence-corrected chi connectivity index (χ0v) is 17.8. The fourth-order valence-electron chi connectivity index (χ4n) is 2.48. The first-order valence-corrected chi connectivity index (χ1v) is 9.59. The highest BCUT2D eigenvalue weighted by molar-refractivity contribution is 5.81. The van der Waals surface area contributed by atoms with Crippen LogP contribution in [0.5, 0.6) is 17.2 Å². The molecule has 0 aliphatic heterocycles. The molecule has 1 unspecified atom stereocenters. The summed E-state index contributed by atoms with van der Waals surface area (Å²) in [5.41, 5.74) is 0.918. The van der Waals surface area contributed by atoms with Crippen molar-refractivity contribution in [1.29, 1.82) is 0 Å². The molecule has 8 nitrogen and oxygen atoms in total. The monoisotopic (exact) mass is 394 g/mol. The van der Waals surface area contributed by atoms with E-state index in [0.717, 1.165) is 18.5 Å². The lowest BCUT2D eigenvalue weighted by Crippen LogP contribution is -2.40. The Labute approximate surface area is 168 Å². The van der Waals surface area contributed by atoms with E-state index in [-0.39, 0.29) is 11.9 Å². The van der Waals surface area contributed by atoms with Gasteiger partial charge in [-0.2, -0.15) is 0 Å². The van der Waals surface area contributed by atoms with Gasteiger partial charge in [-0.05, 0) is 38.0 Å². The molecule has 0 radical (unpaired) electrons. The largest absolute Gasteiger partial charge is 0.493 e. The highest BCUT2D eigenvalue weighted by Gasteiger charge is 2.13. The number of aliphatic imine (C=N–C) groups is 1. The topological polar surface area (TPSA) is 93.2 Å². The zero-order valence-electron chi connectivity index (χ0n) is 17.8. The maximum absolute atomic E-state index is 11.9. The van der Waals surface area contributed by atoms with Gasteiger partial charge in [-0.3, -0.25) is 4.79 Å². The Bertz CT molecular complexity index is 624. The Morgan fingerprint density at radius 2 is 1.71 bits per heavy atom. The van der Waals surface area contributed by atoms with Gasteiger partial charge in [0.2, 0.25) is 11.7 Å². The van der Waals surface area contributed by atoms with Gasteiger partial charge in [0.25, 0.3) is 0 Å². The Hall–Kier alpha value is -2.64. The number of methoxy groups -OCH3 is 3. The molecule has 1 amide bonds. The molecule has 0 saturated carbocycles. The molecule has 1 aromatic rings. The summed E-state index contributed by atoms with van der Waals surface area (Å²) >= 11 is 0. The van der Waals surface area contributed by atoms with Crippen molar-refractivity contribution in [3.8, 4) is 17.2 Å². The van der Waals surface area contributed by atoms with E-state index in [1.165, 1.54) is 0 Å². The lowest BCUT2D eigenvalue weighted by Gasteiger charge is -2.15. The molecule has 0 heterocycles. The van der Waals surface area contributed by atoms with E-state index >= 15 is 0 Å². The molecular formula is C20H34N4O4. The maximum Gasteiger partial charge on any atom is 0.221 e. The van der Waals surface area contributed by atoms with Crippen molar-refractivity contribution < 1.29 is 19.0 Å². The van der Waals surface area contributed by atoms with E-state index in [4.69, 9.17) is 14.2 Å². The summed E-state index contributed by atoms with van der Waals surface area (Å²) in [5, 5.41) is 9.31. The zero-order chi connectivity index (χ0) is 20.9. The molecule has 28 heavy (non-hydrogen) atoms. The van der Waals surface area contributed by atoms with Crippen LogP contribution in [0.25, 0.3) is 0 Å². The lowest BCUT2D eigenvalue weighted by atomic mass is 10.2. The smallest absolute Gasteiger partial charge is 0.221 e. The second kappa shape index (κ2) is 12.7. The highest BCUT2D eigenvalue weighted by atomic mass is 16.5. The van der Waals surface area contributed by atoms with Gasteiger partial charge in [0.15, 0.2) is 17.5 Å². The van der Waals surface area contributed by atoms with Crippen LogP contribution in [0.2, 0.25) is 0 Å². The number of amides is 1. The fraction of sp³-hybridized carbons (Fsp3) is 0.600. The van der Waals surface area contributed by atoms with Crippen LogP contribution in [0, 0.1) is 0 Å². The summed E-state index contributed by atoms with van der Waals surface area (Å²) in [4.78, 5) is 16.5. The normalized spacial score (nSPS) is 12.1. The van der Waals surface area contributed by atoms with Gasteiger partial charge in [-0.15, -0.1) is 0 Å². The number of ether oxygens (including phenoxy) is 3. The average molecular weight is 395 g/mol. The standard InChI is InChI=1S/C20H34N4O4/c1-7-14(3)24-18(25)9-10-22-20(21-8-2)23-13-15-11-16(26-4)19(28-6)17(12-15)27-5/h11-12,14H,7-10,13H2,1-6H3,(H,24,25)(H2,21,22,23). The highest BCUT2D eigenvalue weighted by Crippen LogP contribution is 2.38. The van der Waals surface area contributed by atoms with E-state index in [1.807, 2.05) is 32.9 Å². The van der Waals surface area contributed by atoms with Crippen molar-refractivity contribution in [3.05, 3.63) is 17.7 Å². The summed E-state index contributed by atoms with van der Waals surface area (Å²) in [6.45, 7) is 7.68. The van der Waals surface area contributed by atoms with Gasteiger partial charge >= 0.3 is 0 Å². The summed E-state index contributed by atoms with van der Waals surface area (Å²) in [7, 11) is 4.74. The van der Waals surface area contributed by atoms with Crippen LogP contribution in [0.3, 0.4) is 0 Å². The van der Waals surface area contributed by atoms with Crippen LogP contribution in [0.15, 0.2) is 17.1 Å². The van der Waals surface area contributed by atoms with Gasteiger partial charge in [0, 0.05) is 25.6 Å². The van der Waals surface area contributed by atoms with Gasteiger partial charge in [0.1, 0.15) is 0 Å². The average Bonchev–Trinajstić information content (AvgIpc) is 2.70. The van der Waals surface area contributed by atoms with E-state index in [0.29, 0.717) is 42.7 Å². The minimum atomic E-state index is 0.0299. The van der Waals surface area contributed by atoms with Crippen LogP contribution in [-0.2, 0) is 11.3 Å². The molecule has 0 saturated heterocycles. The van der Waals surface area contributed by atoms with Crippen molar-refractivity contribution in [1.82, 2.24) is 16.0 Å². The predicted octanol–water partition coefficient (Wildman–Crippen LogP) is 2.07. The van der Waals surface area contributed by atoms with E-state index in [9.17, 15) is 4.79 Å². The second-order valence-electron chi connectivity index (χ2n) is 6.28. The Balaban J connectivity index is 2.75. The minimum absolute atomic E-state index is 0.0299. The molecule has 3 N–H and O–H groups in total. The SMILES string of the molecule is CCNC(=NCc1cc(OC)c(OC)c(OC)c1)NCCC(=O)NC(C)CC. The number of carbonyl (C=O) groups is 1. The first kappa shape index (κ1) is 23.4. The van der Waals surface area contributed by atoms with Gasteiger partial charge < -0.3 is 30.2 Å². The molecule has 0 aromatic heterocycles. The van der Waals surface area contributed by atoms with Crippen molar-refractivity contribution in [2.75, 3.05) is 34.4 Å². The molecule has 0 aliphatic rings. The number of nitrogens with one attached hydrogen (secondary N) is 3. The number of hydrogen-bond acceptors (Lipinski definition) is 5. The number of nitrogens with zero attached hydrogens (tertiary/aromatic N) is 1. The minimum Gasteiger partial charge on any atom is -0.493 e. The van der Waals surface area contributed by atoms with Crippen LogP contribution < -0.4 is 30.2 Å². The molecule has 0 spiro atoms. The van der Waals surface area contributed by atoms with Crippen molar-refractivity contribution in [2.24, 2.45) is 4.99 Å². The quantitative estimate of drug-likeness (QED) is 0.393. The first-order valence-electron chi connectivity index (χ1n) is 9.59. The summed E-state index contributed by atoms with van der Waals surface area (Å²) in [6.07, 6.45) is 1.30. The van der Waals surface area contributed by atoms with Crippen LogP contribution in [0.4, 0.5) is 0 Å². The number of benzene rings is 1. The molecule has 1 atom stereocenters. The lowest BCUT2D eigenvalue weighted by molar-refractivity contribution is -0.121. The van der Waals surface area contributed by atoms with Crippen LogP contribution in [-0.4, -0.2) is 52.3 Å². The number of guanidine groups is 1. The van der Waals surface area contributed by atoms with Crippen molar-refractivity contribution >= 4 is 11.9 Å². The molecule has 0 bridgehead atoms. The third-order valence-electron chi connectivity index (χ3n) is 4.15. The van der Waals surface area contributed by atoms with Crippen LogP contribution >= 0.6 is 0 Å². The molecule has 0 fully saturated rings. The number of hydrogen-bond donors (Lipinski definition) is 3. The molecule has 1 aromatic carbocycles. The summed E-state index contributed by atoms with van der Waals surface area (Å²) in [5.74, 6) is 2.41. The van der Waals surface area contributed by atoms with Gasteiger partial charge in [-0.25, -0.2) is 4.99 Å². The van der Waals surface area contributed by atoms with E-state index in [1.54, 1.807) is 21.3 Å². The van der Waals surface area contributed by atoms with E-state index in [2.05, 4.69) is 20.9 Å². The Kier molecular flexibility index (Phi) is 10.6. The number of carbonyl (C=O) groups excluding carboxylic acids is 1. The van der Waals surface area contributed by atoms with Gasteiger partial charge in [0.05, 0.1) is 27.9 Å². The molecule has 1 rings (SSSR count). The molecule has 0 aliphatic carbocycles. The third kappa shape index (κ3) is 7.54. The van der Waals surface area contributed by atoms with Gasteiger partial charge in [-0.1, -0.05) is 6.92 Å². The third-order valence-corrected chi connectivity index (χ3v) is 4.15. The molecule has 8 heteroatoms. The maximum atomic E-state index is 11.9. The van der Waals surface area contributed by atoms with Crippen LogP contribution in [0.1, 0.15) is 39.2 Å². The van der Waals surface area contributed by atoms with Crippen molar-refractivity contribution in [2.45, 2.75) is 46.2 Å².